The van der Waals surface area contributed by atoms with Gasteiger partial charge in [0.25, 0.3) is 0 Å². The highest BCUT2D eigenvalue weighted by Gasteiger charge is 2.15. The lowest BCUT2D eigenvalue weighted by Crippen LogP contribution is -2.12. The number of carbonyl (C=O) groups is 1. The largest absolute Gasteiger partial charge is 0.492 e. The number of fused-ring (bicyclic) bond motifs is 1. The van der Waals surface area contributed by atoms with E-state index in [2.05, 4.69) is 12.6 Å². The smallest absolute Gasteiger partial charge is 0.341 e. The first-order valence-electron chi connectivity index (χ1n) is 6.50. The van der Waals surface area contributed by atoms with Crippen molar-refractivity contribution in [2.45, 2.75) is 6.92 Å². The van der Waals surface area contributed by atoms with Crippen molar-refractivity contribution in [2.24, 2.45) is 5.92 Å². The third-order valence-corrected chi connectivity index (χ3v) is 3.71. The highest BCUT2D eigenvalue weighted by atomic mass is 32.1. The summed E-state index contributed by atoms with van der Waals surface area (Å²) in [6.45, 7) is 2.57. The number of methoxy groups -OCH3 is 1. The minimum atomic E-state index is -0.385. The minimum Gasteiger partial charge on any atom is -0.492 e. The third kappa shape index (κ3) is 3.25. The summed E-state index contributed by atoms with van der Waals surface area (Å²) in [5.41, 5.74) is 0.456. The van der Waals surface area contributed by atoms with Crippen molar-refractivity contribution < 1.29 is 14.3 Å². The molecule has 0 aliphatic rings. The van der Waals surface area contributed by atoms with Gasteiger partial charge in [0.05, 0.1) is 13.7 Å². The fourth-order valence-electron chi connectivity index (χ4n) is 1.89. The second-order valence-electron chi connectivity index (χ2n) is 4.79. The molecule has 1 atom stereocenters. The molecule has 1 unspecified atom stereocenters. The van der Waals surface area contributed by atoms with Gasteiger partial charge >= 0.3 is 5.97 Å². The second kappa shape index (κ2) is 6.66. The molecule has 106 valence electrons. The normalized spacial score (nSPS) is 12.2. The van der Waals surface area contributed by atoms with Crippen molar-refractivity contribution in [1.29, 1.82) is 0 Å². The number of benzene rings is 2. The van der Waals surface area contributed by atoms with Crippen molar-refractivity contribution in [3.05, 3.63) is 42.0 Å². The number of ether oxygens (including phenoxy) is 2. The lowest BCUT2D eigenvalue weighted by Gasteiger charge is -2.14. The van der Waals surface area contributed by atoms with Gasteiger partial charge < -0.3 is 9.47 Å². The summed E-state index contributed by atoms with van der Waals surface area (Å²) in [7, 11) is 1.37. The van der Waals surface area contributed by atoms with Crippen LogP contribution in [0.5, 0.6) is 5.75 Å². The molecule has 0 saturated heterocycles. The predicted octanol–water partition coefficient (Wildman–Crippen LogP) is 3.57. The van der Waals surface area contributed by atoms with Gasteiger partial charge in [0, 0.05) is 0 Å². The van der Waals surface area contributed by atoms with Gasteiger partial charge in [-0.2, -0.15) is 12.6 Å². The molecule has 0 bridgehead atoms. The summed E-state index contributed by atoms with van der Waals surface area (Å²) in [6.07, 6.45) is 0. The molecule has 2 aromatic rings. The molecule has 0 N–H and O–H groups in total. The van der Waals surface area contributed by atoms with Crippen LogP contribution in [0.15, 0.2) is 36.4 Å². The van der Waals surface area contributed by atoms with Gasteiger partial charge in [-0.3, -0.25) is 0 Å². The molecule has 4 heteroatoms. The lowest BCUT2D eigenvalue weighted by molar-refractivity contribution is 0.0595. The second-order valence-corrected chi connectivity index (χ2v) is 5.15. The van der Waals surface area contributed by atoms with Crippen LogP contribution in [0.4, 0.5) is 0 Å². The van der Waals surface area contributed by atoms with Gasteiger partial charge in [-0.05, 0) is 34.6 Å². The van der Waals surface area contributed by atoms with Crippen LogP contribution in [-0.4, -0.2) is 25.4 Å². The van der Waals surface area contributed by atoms with E-state index in [1.165, 1.54) is 7.11 Å². The van der Waals surface area contributed by atoms with Crippen molar-refractivity contribution in [3.63, 3.8) is 0 Å². The highest BCUT2D eigenvalue weighted by molar-refractivity contribution is 7.80. The maximum Gasteiger partial charge on any atom is 0.341 e. The Hall–Kier alpha value is -1.68. The summed E-state index contributed by atoms with van der Waals surface area (Å²) in [4.78, 5) is 11.9. The first-order chi connectivity index (χ1) is 9.65. The molecule has 20 heavy (non-hydrogen) atoms. The summed E-state index contributed by atoms with van der Waals surface area (Å²) >= 11 is 4.23. The van der Waals surface area contributed by atoms with Crippen LogP contribution in [0, 0.1) is 5.92 Å². The van der Waals surface area contributed by atoms with Crippen molar-refractivity contribution in [2.75, 3.05) is 19.5 Å². The Morgan fingerprint density at radius 3 is 2.50 bits per heavy atom. The summed E-state index contributed by atoms with van der Waals surface area (Å²) in [5, 5.41) is 2.02. The van der Waals surface area contributed by atoms with Gasteiger partial charge in [-0.1, -0.05) is 31.2 Å². The predicted molar refractivity (Wildman–Crippen MR) is 83.8 cm³/mol. The van der Waals surface area contributed by atoms with Crippen LogP contribution in [0.1, 0.15) is 17.3 Å². The minimum absolute atomic E-state index is 0.315. The zero-order valence-corrected chi connectivity index (χ0v) is 12.5. The molecule has 0 amide bonds. The molecule has 0 heterocycles. The lowest BCUT2D eigenvalue weighted by atomic mass is 10.1. The Morgan fingerprint density at radius 2 is 1.90 bits per heavy atom. The average molecular weight is 290 g/mol. The number of hydrogen-bond donors (Lipinski definition) is 1. The van der Waals surface area contributed by atoms with Gasteiger partial charge in [-0.25, -0.2) is 4.79 Å². The molecule has 0 spiro atoms. The molecular weight excluding hydrogens is 272 g/mol. The maximum absolute atomic E-state index is 11.9. The first kappa shape index (κ1) is 14.7. The zero-order valence-electron chi connectivity index (χ0n) is 11.6. The standard InChI is InChI=1S/C16H18O3S/c1-11(10-20)9-19-15-8-13-6-4-3-5-12(13)7-14(15)16(17)18-2/h3-8,11,20H,9-10H2,1-2H3. The summed E-state index contributed by atoms with van der Waals surface area (Å²) in [6, 6.07) is 11.5. The van der Waals surface area contributed by atoms with E-state index in [9.17, 15) is 4.79 Å². The van der Waals surface area contributed by atoms with E-state index < -0.39 is 0 Å². The monoisotopic (exact) mass is 290 g/mol. The average Bonchev–Trinajstić information content (AvgIpc) is 2.50. The van der Waals surface area contributed by atoms with E-state index in [4.69, 9.17) is 9.47 Å². The number of thiol groups is 1. The van der Waals surface area contributed by atoms with Crippen molar-refractivity contribution in [1.82, 2.24) is 0 Å². The first-order valence-corrected chi connectivity index (χ1v) is 7.13. The SMILES string of the molecule is COC(=O)c1cc2ccccc2cc1OCC(C)CS. The fraction of sp³-hybridized carbons (Fsp3) is 0.312. The van der Waals surface area contributed by atoms with Crippen LogP contribution in [-0.2, 0) is 4.74 Å². The van der Waals surface area contributed by atoms with E-state index in [0.717, 1.165) is 16.5 Å². The van der Waals surface area contributed by atoms with Crippen molar-refractivity contribution >= 4 is 29.4 Å². The van der Waals surface area contributed by atoms with Crippen LogP contribution < -0.4 is 4.74 Å². The van der Waals surface area contributed by atoms with Gasteiger partial charge in [0.1, 0.15) is 11.3 Å². The zero-order chi connectivity index (χ0) is 14.5. The molecule has 0 aliphatic heterocycles. The Kier molecular flexibility index (Phi) is 4.90. The highest BCUT2D eigenvalue weighted by Crippen LogP contribution is 2.27. The van der Waals surface area contributed by atoms with Crippen LogP contribution in [0.25, 0.3) is 10.8 Å². The Balaban J connectivity index is 2.40. The number of carbonyl (C=O) groups excluding carboxylic acids is 1. The molecule has 0 fully saturated rings. The van der Waals surface area contributed by atoms with Gasteiger partial charge in [0.2, 0.25) is 0 Å². The van der Waals surface area contributed by atoms with Crippen LogP contribution >= 0.6 is 12.6 Å². The molecule has 3 nitrogen and oxygen atoms in total. The Bertz CT molecular complexity index is 610. The molecule has 2 aromatic carbocycles. The fourth-order valence-corrected chi connectivity index (χ4v) is 2.00. The third-order valence-electron chi connectivity index (χ3n) is 3.09. The van der Waals surface area contributed by atoms with Gasteiger partial charge in [-0.15, -0.1) is 0 Å². The van der Waals surface area contributed by atoms with E-state index in [1.54, 1.807) is 0 Å². The molecule has 0 saturated carbocycles. The molecule has 2 rings (SSSR count). The molecule has 0 radical (unpaired) electrons. The summed E-state index contributed by atoms with van der Waals surface area (Å²) in [5.74, 6) is 1.23. The topological polar surface area (TPSA) is 35.5 Å². The molecule has 0 aromatic heterocycles. The quantitative estimate of drug-likeness (QED) is 0.675. The van der Waals surface area contributed by atoms with E-state index in [1.807, 2.05) is 43.3 Å². The van der Waals surface area contributed by atoms with Gasteiger partial charge in [0.15, 0.2) is 0 Å². The van der Waals surface area contributed by atoms with Crippen LogP contribution in [0.3, 0.4) is 0 Å². The summed E-state index contributed by atoms with van der Waals surface area (Å²) < 4.78 is 10.6. The number of esters is 1. The van der Waals surface area contributed by atoms with E-state index >= 15 is 0 Å². The number of rotatable bonds is 5. The molecular formula is C16H18O3S. The molecule has 0 aliphatic carbocycles. The van der Waals surface area contributed by atoms with E-state index in [0.29, 0.717) is 23.8 Å². The number of hydrogen-bond acceptors (Lipinski definition) is 4. The van der Waals surface area contributed by atoms with E-state index in [-0.39, 0.29) is 5.97 Å². The van der Waals surface area contributed by atoms with Crippen LogP contribution in [0.2, 0.25) is 0 Å². The Morgan fingerprint density at radius 1 is 1.25 bits per heavy atom. The van der Waals surface area contributed by atoms with Crippen molar-refractivity contribution in [3.8, 4) is 5.75 Å². The maximum atomic E-state index is 11.9. The Labute approximate surface area is 124 Å².